The van der Waals surface area contributed by atoms with E-state index in [1.54, 1.807) is 6.08 Å². The van der Waals surface area contributed by atoms with E-state index >= 15 is 0 Å². The summed E-state index contributed by atoms with van der Waals surface area (Å²) in [5, 5.41) is 65.2. The van der Waals surface area contributed by atoms with Crippen LogP contribution in [0.1, 0.15) is 335 Å². The van der Waals surface area contributed by atoms with Crippen molar-refractivity contribution in [1.29, 1.82) is 0 Å². The molecule has 10 nitrogen and oxygen atoms in total. The van der Waals surface area contributed by atoms with Crippen molar-refractivity contribution in [3.63, 3.8) is 0 Å². The second-order valence-electron chi connectivity index (χ2n) is 23.8. The number of hydrogen-bond acceptors (Lipinski definition) is 9. The van der Waals surface area contributed by atoms with Gasteiger partial charge >= 0.3 is 0 Å². The highest BCUT2D eigenvalue weighted by atomic mass is 16.7. The molecule has 1 amide bonds. The minimum atomic E-state index is -1.61. The van der Waals surface area contributed by atoms with Crippen molar-refractivity contribution in [2.75, 3.05) is 13.2 Å². The van der Waals surface area contributed by atoms with Crippen molar-refractivity contribution in [1.82, 2.24) is 5.32 Å². The molecule has 0 radical (unpaired) electrons. The lowest BCUT2D eigenvalue weighted by molar-refractivity contribution is -0.302. The van der Waals surface area contributed by atoms with Crippen LogP contribution in [0.5, 0.6) is 0 Å². The Labute approximate surface area is 475 Å². The molecule has 8 atom stereocenters. The third-order valence-electron chi connectivity index (χ3n) is 16.4. The molecule has 1 fully saturated rings. The fraction of sp³-hybridized carbons (Fsp3) is 0.925. The molecule has 0 aromatic heterocycles. The van der Waals surface area contributed by atoms with Crippen molar-refractivity contribution in [3.8, 4) is 0 Å². The largest absolute Gasteiger partial charge is 0.394 e. The summed E-state index contributed by atoms with van der Waals surface area (Å²) in [6, 6.07) is -0.979. The lowest BCUT2D eigenvalue weighted by Gasteiger charge is -2.40. The Balaban J connectivity index is 2.10. The first kappa shape index (κ1) is 73.6. The van der Waals surface area contributed by atoms with E-state index in [4.69, 9.17) is 9.47 Å². The highest BCUT2D eigenvalue weighted by Gasteiger charge is 2.44. The first-order valence-electron chi connectivity index (χ1n) is 33.7. The van der Waals surface area contributed by atoms with Crippen molar-refractivity contribution < 1.29 is 44.9 Å². The zero-order chi connectivity index (χ0) is 55.9. The normalized spacial score (nSPS) is 19.2. The zero-order valence-corrected chi connectivity index (χ0v) is 50.6. The molecule has 8 unspecified atom stereocenters. The summed E-state index contributed by atoms with van der Waals surface area (Å²) in [5.74, 6) is -0.610. The highest BCUT2D eigenvalue weighted by Crippen LogP contribution is 2.23. The molecule has 0 aliphatic carbocycles. The molecule has 7 N–H and O–H groups in total. The van der Waals surface area contributed by atoms with Crippen LogP contribution in [0.25, 0.3) is 0 Å². The first-order chi connectivity index (χ1) is 37.8. The Morgan fingerprint density at radius 3 is 1.09 bits per heavy atom. The van der Waals surface area contributed by atoms with Gasteiger partial charge in [-0.25, -0.2) is 0 Å². The quantitative estimate of drug-likeness (QED) is 0.0232. The smallest absolute Gasteiger partial charge is 0.249 e. The minimum Gasteiger partial charge on any atom is -0.394 e. The van der Waals surface area contributed by atoms with Crippen LogP contribution < -0.4 is 5.32 Å². The van der Waals surface area contributed by atoms with Gasteiger partial charge in [0.2, 0.25) is 5.91 Å². The maximum atomic E-state index is 13.2. The van der Waals surface area contributed by atoms with Gasteiger partial charge in [0, 0.05) is 0 Å². The number of hydrogen-bond donors (Lipinski definition) is 7. The molecule has 0 aromatic rings. The first-order valence-corrected chi connectivity index (χ1v) is 33.7. The van der Waals surface area contributed by atoms with E-state index < -0.39 is 61.5 Å². The van der Waals surface area contributed by atoms with Crippen LogP contribution in [-0.2, 0) is 14.3 Å². The molecule has 77 heavy (non-hydrogen) atoms. The molecule has 0 spiro atoms. The maximum Gasteiger partial charge on any atom is 0.249 e. The Kier molecular flexibility index (Phi) is 54.0. The predicted octanol–water partition coefficient (Wildman–Crippen LogP) is 16.7. The maximum absolute atomic E-state index is 13.2. The zero-order valence-electron chi connectivity index (χ0n) is 50.6. The lowest BCUT2D eigenvalue weighted by Crippen LogP contribution is -2.60. The molecular formula is C67H129NO9. The van der Waals surface area contributed by atoms with Crippen LogP contribution in [-0.4, -0.2) is 98.7 Å². The fourth-order valence-corrected chi connectivity index (χ4v) is 11.0. The van der Waals surface area contributed by atoms with Crippen molar-refractivity contribution in [2.24, 2.45) is 0 Å². The number of carbonyl (C=O) groups excluding carboxylic acids is 1. The SMILES string of the molecule is CCCCCCCCCCCCCCCC/C=C/C(O)C(COC1OC(CO)C(O)C(O)C1O)NC(=O)C(O)CCCCCCCCCCCCCCCCCC/C=C\CCCCCCCCCCCCCCCCCC. The van der Waals surface area contributed by atoms with Crippen molar-refractivity contribution in [2.45, 2.75) is 384 Å². The molecule has 1 heterocycles. The van der Waals surface area contributed by atoms with Crippen LogP contribution in [0.4, 0.5) is 0 Å². The highest BCUT2D eigenvalue weighted by molar-refractivity contribution is 5.80. The second kappa shape index (κ2) is 56.5. The fourth-order valence-electron chi connectivity index (χ4n) is 11.0. The van der Waals surface area contributed by atoms with Gasteiger partial charge in [0.1, 0.15) is 30.5 Å². The van der Waals surface area contributed by atoms with Crippen molar-refractivity contribution >= 4 is 5.91 Å². The second-order valence-corrected chi connectivity index (χ2v) is 23.8. The predicted molar refractivity (Wildman–Crippen MR) is 324 cm³/mol. The average molecular weight is 1090 g/mol. The number of aliphatic hydroxyl groups excluding tert-OH is 6. The minimum absolute atomic E-state index is 0.302. The Hall–Kier alpha value is -1.37. The molecule has 1 saturated heterocycles. The molecule has 0 bridgehead atoms. The van der Waals surface area contributed by atoms with Gasteiger partial charge in [0.15, 0.2) is 6.29 Å². The van der Waals surface area contributed by atoms with Gasteiger partial charge in [-0.15, -0.1) is 0 Å². The van der Waals surface area contributed by atoms with Gasteiger partial charge in [0.05, 0.1) is 25.4 Å². The van der Waals surface area contributed by atoms with Crippen molar-refractivity contribution in [3.05, 3.63) is 24.3 Å². The monoisotopic (exact) mass is 1090 g/mol. The van der Waals surface area contributed by atoms with E-state index in [0.717, 1.165) is 44.9 Å². The Morgan fingerprint density at radius 2 is 0.753 bits per heavy atom. The number of nitrogens with one attached hydrogen (secondary N) is 1. The summed E-state index contributed by atoms with van der Waals surface area (Å²) in [4.78, 5) is 13.2. The summed E-state index contributed by atoms with van der Waals surface area (Å²) < 4.78 is 11.2. The Bertz CT molecular complexity index is 1280. The summed E-state index contributed by atoms with van der Waals surface area (Å²) in [6.07, 6.45) is 63.2. The summed E-state index contributed by atoms with van der Waals surface area (Å²) >= 11 is 0. The van der Waals surface area contributed by atoms with E-state index in [-0.39, 0.29) is 6.61 Å². The lowest BCUT2D eigenvalue weighted by atomic mass is 9.99. The average Bonchev–Trinajstić information content (AvgIpc) is 3.44. The van der Waals surface area contributed by atoms with Gasteiger partial charge in [0.25, 0.3) is 0 Å². The number of amides is 1. The molecule has 1 rings (SSSR count). The van der Waals surface area contributed by atoms with Crippen LogP contribution in [0.2, 0.25) is 0 Å². The Morgan fingerprint density at radius 1 is 0.442 bits per heavy atom. The van der Waals surface area contributed by atoms with E-state index in [1.165, 1.54) is 270 Å². The number of carbonyl (C=O) groups is 1. The van der Waals surface area contributed by atoms with Gasteiger partial charge in [-0.2, -0.15) is 0 Å². The van der Waals surface area contributed by atoms with E-state index in [9.17, 15) is 35.4 Å². The molecule has 10 heteroatoms. The molecule has 0 saturated carbocycles. The van der Waals surface area contributed by atoms with E-state index in [0.29, 0.717) is 6.42 Å². The summed E-state index contributed by atoms with van der Waals surface area (Å²) in [5.41, 5.74) is 0. The molecular weight excluding hydrogens is 963 g/mol. The number of aliphatic hydroxyl groups is 6. The van der Waals surface area contributed by atoms with Gasteiger partial charge in [-0.1, -0.05) is 314 Å². The molecule has 1 aliphatic rings. The standard InChI is InChI=1S/C67H129NO9/c1-3-5-7-9-11-13-15-17-19-21-22-23-24-25-26-27-28-29-30-31-32-33-34-35-36-37-38-39-40-42-44-46-48-50-52-54-56-61(71)66(75)68-59(58-76-67-65(74)64(73)63(72)62(57-69)77-67)60(70)55-53-51-49-47-45-43-41-20-18-16-14-12-10-8-6-4-2/h29-30,53,55,59-65,67,69-74H,3-28,31-52,54,56-58H2,1-2H3,(H,68,75)/b30-29-,55-53+. The van der Waals surface area contributed by atoms with Gasteiger partial charge in [-0.05, 0) is 44.9 Å². The van der Waals surface area contributed by atoms with E-state index in [2.05, 4.69) is 31.3 Å². The number of allylic oxidation sites excluding steroid dienone is 3. The van der Waals surface area contributed by atoms with Crippen LogP contribution in [0.15, 0.2) is 24.3 Å². The number of ether oxygens (including phenoxy) is 2. The molecule has 0 aromatic carbocycles. The summed E-state index contributed by atoms with van der Waals surface area (Å²) in [6.45, 7) is 3.66. The van der Waals surface area contributed by atoms with Crippen LogP contribution >= 0.6 is 0 Å². The topological polar surface area (TPSA) is 169 Å². The number of rotatable bonds is 59. The van der Waals surface area contributed by atoms with Crippen LogP contribution in [0, 0.1) is 0 Å². The third-order valence-corrected chi connectivity index (χ3v) is 16.4. The number of unbranched alkanes of at least 4 members (excludes halogenated alkanes) is 46. The van der Waals surface area contributed by atoms with Crippen LogP contribution in [0.3, 0.4) is 0 Å². The van der Waals surface area contributed by atoms with Gasteiger partial charge in [-0.3, -0.25) is 4.79 Å². The van der Waals surface area contributed by atoms with Gasteiger partial charge < -0.3 is 45.4 Å². The molecule has 456 valence electrons. The molecule has 1 aliphatic heterocycles. The van der Waals surface area contributed by atoms with E-state index in [1.807, 2.05) is 6.08 Å². The summed E-state index contributed by atoms with van der Waals surface area (Å²) in [7, 11) is 0. The third kappa shape index (κ3) is 44.9.